The summed E-state index contributed by atoms with van der Waals surface area (Å²) in [7, 11) is -1.26. The van der Waals surface area contributed by atoms with Crippen molar-refractivity contribution in [1.29, 1.82) is 0 Å². The zero-order chi connectivity index (χ0) is 59.9. The first-order valence-corrected chi connectivity index (χ1v) is 33.6. The fraction of sp³-hybridized carbons (Fsp3) is 0.468. The highest BCUT2D eigenvalue weighted by Gasteiger charge is 2.44. The summed E-state index contributed by atoms with van der Waals surface area (Å²) >= 11 is 0. The standard InChI is InChI=1S/C62H75N3O15S4/c1-40-26-51-44(16-17-49-31-45-12-8-10-14-53(45)64(49)60(51)67)33-56(40)79-36-42-27-43(29-50(28-42)63(19-20-77-23-24-78-22-21-74-5)39-62(3,4)82-81-25-18-59(41(2)66)84(72,73)76-7)37-80-58-34-47-30-48(38-83(69,70)71)55-32-46-13-9-11-15-54(46)65(55)61(68)52(47)35-57(58)75-6/h8-15,26-29,33-35,48-49,55,59H,16-25,30-32,36-39H2,1-7H3,(H,69,70,71)/t48?,49-,55+,59?/m1/s1. The molecule has 4 aliphatic rings. The van der Waals surface area contributed by atoms with Crippen LogP contribution in [-0.2, 0) is 82.3 Å². The average Bonchev–Trinajstić information content (AvgIpc) is 2.45. The molecule has 2 unspecified atom stereocenters. The first kappa shape index (κ1) is 62.8. The van der Waals surface area contributed by atoms with Crippen LogP contribution in [0.2, 0.25) is 0 Å². The highest BCUT2D eigenvalue weighted by molar-refractivity contribution is 8.77. The van der Waals surface area contributed by atoms with E-state index >= 15 is 0 Å². The van der Waals surface area contributed by atoms with Gasteiger partial charge in [-0.15, -0.1) is 0 Å². The number of methoxy groups -OCH3 is 2. The molecule has 0 fully saturated rings. The maximum atomic E-state index is 14.6. The molecule has 22 heteroatoms. The first-order chi connectivity index (χ1) is 40.2. The molecule has 4 heterocycles. The van der Waals surface area contributed by atoms with E-state index in [1.807, 2.05) is 78.6 Å². The lowest BCUT2D eigenvalue weighted by Gasteiger charge is -2.34. The Labute approximate surface area is 501 Å². The van der Waals surface area contributed by atoms with E-state index < -0.39 is 53.7 Å². The second kappa shape index (κ2) is 27.3. The smallest absolute Gasteiger partial charge is 0.277 e. The zero-order valence-electron chi connectivity index (χ0n) is 48.6. The summed E-state index contributed by atoms with van der Waals surface area (Å²) in [5.74, 6) is -0.302. The molecular weight excluding hydrogens is 1150 g/mol. The third-order valence-corrected chi connectivity index (χ3v) is 21.7. The van der Waals surface area contributed by atoms with Gasteiger partial charge in [-0.1, -0.05) is 58.0 Å². The normalized spacial score (nSPS) is 17.7. The summed E-state index contributed by atoms with van der Waals surface area (Å²) in [6.45, 7) is 10.5. The molecule has 0 saturated heterocycles. The lowest BCUT2D eigenvalue weighted by molar-refractivity contribution is -0.116. The Kier molecular flexibility index (Phi) is 20.5. The van der Waals surface area contributed by atoms with Crippen molar-refractivity contribution < 1.29 is 68.4 Å². The van der Waals surface area contributed by atoms with E-state index in [9.17, 15) is 35.8 Å². The van der Waals surface area contributed by atoms with Gasteiger partial charge in [-0.25, -0.2) is 0 Å². The second-order valence-electron chi connectivity index (χ2n) is 22.4. The van der Waals surface area contributed by atoms with Crippen molar-refractivity contribution in [3.05, 3.63) is 141 Å². The summed E-state index contributed by atoms with van der Waals surface area (Å²) in [5.41, 5.74) is 9.52. The number of fused-ring (bicyclic) bond motifs is 8. The number of ether oxygens (including phenoxy) is 6. The van der Waals surface area contributed by atoms with Crippen molar-refractivity contribution in [3.8, 4) is 17.2 Å². The molecule has 4 atom stereocenters. The summed E-state index contributed by atoms with van der Waals surface area (Å²) in [4.78, 5) is 47.1. The minimum atomic E-state index is -4.44. The van der Waals surface area contributed by atoms with Crippen molar-refractivity contribution in [2.45, 2.75) is 102 Å². The molecule has 0 aliphatic carbocycles. The second-order valence-corrected chi connectivity index (χ2v) is 28.9. The summed E-state index contributed by atoms with van der Waals surface area (Å²) in [6, 6.07) is 28.6. The number of ketones is 1. The molecular formula is C62H75N3O15S4. The number of hydrogen-bond donors (Lipinski definition) is 1. The van der Waals surface area contributed by atoms with Gasteiger partial charge in [-0.3, -0.25) is 23.1 Å². The van der Waals surface area contributed by atoms with Gasteiger partial charge >= 0.3 is 0 Å². The van der Waals surface area contributed by atoms with Gasteiger partial charge in [-0.2, -0.15) is 16.8 Å². The molecule has 0 aromatic heterocycles. The number of aryl methyl sites for hydroxylation is 2. The van der Waals surface area contributed by atoms with Crippen LogP contribution >= 0.6 is 21.6 Å². The third kappa shape index (κ3) is 14.9. The number of carbonyl (C=O) groups is 3. The van der Waals surface area contributed by atoms with E-state index in [-0.39, 0.29) is 43.9 Å². The van der Waals surface area contributed by atoms with Crippen LogP contribution < -0.4 is 28.9 Å². The van der Waals surface area contributed by atoms with Crippen LogP contribution in [0.15, 0.2) is 91.0 Å². The Morgan fingerprint density at radius 1 is 0.738 bits per heavy atom. The number of benzene rings is 5. The quantitative estimate of drug-likeness (QED) is 0.0204. The number of Topliss-reactive ketones (excluding diaryl/α,β-unsaturated/α-hetero) is 1. The minimum absolute atomic E-state index is 0.00680. The van der Waals surface area contributed by atoms with Gasteiger partial charge in [-0.05, 0) is 160 Å². The van der Waals surface area contributed by atoms with E-state index in [0.29, 0.717) is 104 Å². The van der Waals surface area contributed by atoms with Gasteiger partial charge in [0.1, 0.15) is 30.0 Å². The number of amides is 2. The highest BCUT2D eigenvalue weighted by atomic mass is 33.1. The van der Waals surface area contributed by atoms with Crippen LogP contribution in [0.25, 0.3) is 0 Å². The van der Waals surface area contributed by atoms with Crippen LogP contribution in [0.5, 0.6) is 17.2 Å². The fourth-order valence-corrected chi connectivity index (χ4v) is 16.5. The Morgan fingerprint density at radius 2 is 1.36 bits per heavy atom. The van der Waals surface area contributed by atoms with Crippen LogP contribution in [0.3, 0.4) is 0 Å². The van der Waals surface area contributed by atoms with Crippen LogP contribution in [0.1, 0.15) is 93.3 Å². The average molecular weight is 1230 g/mol. The van der Waals surface area contributed by atoms with E-state index in [1.54, 1.807) is 34.9 Å². The Balaban J connectivity index is 1.02. The maximum absolute atomic E-state index is 14.6. The van der Waals surface area contributed by atoms with E-state index in [2.05, 4.69) is 30.9 Å². The topological polar surface area (TPSA) is 214 Å². The molecule has 0 bridgehead atoms. The lowest BCUT2D eigenvalue weighted by Crippen LogP contribution is -2.43. The minimum Gasteiger partial charge on any atom is -0.493 e. The van der Waals surface area contributed by atoms with Gasteiger partial charge < -0.3 is 43.1 Å². The van der Waals surface area contributed by atoms with Crippen molar-refractivity contribution in [1.82, 2.24) is 0 Å². The predicted octanol–water partition coefficient (Wildman–Crippen LogP) is 9.28. The number of para-hydroxylation sites is 2. The van der Waals surface area contributed by atoms with E-state index in [0.717, 1.165) is 59.1 Å². The predicted molar refractivity (Wildman–Crippen MR) is 328 cm³/mol. The zero-order valence-corrected chi connectivity index (χ0v) is 51.9. The highest BCUT2D eigenvalue weighted by Crippen LogP contribution is 2.45. The Hall–Kier alpha value is -5.69. The van der Waals surface area contributed by atoms with E-state index in [1.165, 1.54) is 30.4 Å². The van der Waals surface area contributed by atoms with Crippen LogP contribution in [0.4, 0.5) is 17.1 Å². The summed E-state index contributed by atoms with van der Waals surface area (Å²) in [6.07, 6.45) is 3.03. The molecule has 0 radical (unpaired) electrons. The number of rotatable bonds is 29. The van der Waals surface area contributed by atoms with E-state index in [4.69, 9.17) is 32.6 Å². The van der Waals surface area contributed by atoms with Crippen molar-refractivity contribution in [2.24, 2.45) is 5.92 Å². The van der Waals surface area contributed by atoms with Gasteiger partial charge in [0.05, 0.1) is 53.0 Å². The van der Waals surface area contributed by atoms with Crippen molar-refractivity contribution >= 4 is 76.5 Å². The number of nitrogens with zero attached hydrogens (tertiary/aromatic N) is 3. The van der Waals surface area contributed by atoms with Crippen molar-refractivity contribution in [3.63, 3.8) is 0 Å². The molecule has 4 aliphatic heterocycles. The van der Waals surface area contributed by atoms with Gasteiger partial charge in [0.2, 0.25) is 0 Å². The Morgan fingerprint density at radius 3 is 2.02 bits per heavy atom. The molecule has 18 nitrogen and oxygen atoms in total. The fourth-order valence-electron chi connectivity index (χ4n) is 11.9. The molecule has 84 heavy (non-hydrogen) atoms. The largest absolute Gasteiger partial charge is 0.493 e. The molecule has 0 saturated carbocycles. The van der Waals surface area contributed by atoms with Crippen LogP contribution in [0, 0.1) is 12.8 Å². The summed E-state index contributed by atoms with van der Waals surface area (Å²) < 4.78 is 101. The van der Waals surface area contributed by atoms with Gasteiger partial charge in [0.15, 0.2) is 11.5 Å². The number of carbonyl (C=O) groups excluding carboxylic acids is 3. The molecule has 9 rings (SSSR count). The molecule has 0 spiro atoms. The Bertz CT molecular complexity index is 3450. The monoisotopic (exact) mass is 1230 g/mol. The van der Waals surface area contributed by atoms with Crippen molar-refractivity contribution in [2.75, 3.05) is 93.7 Å². The first-order valence-electron chi connectivity index (χ1n) is 28.2. The molecule has 452 valence electrons. The van der Waals surface area contributed by atoms with Crippen LogP contribution in [-0.4, -0.2) is 140 Å². The molecule has 2 amide bonds. The third-order valence-electron chi connectivity index (χ3n) is 15.8. The summed E-state index contributed by atoms with van der Waals surface area (Å²) in [5, 5.41) is -1.27. The number of anilines is 3. The lowest BCUT2D eigenvalue weighted by atomic mass is 9.91. The number of hydrogen-bond acceptors (Lipinski definition) is 17. The molecule has 1 N–H and O–H groups in total. The van der Waals surface area contributed by atoms with Gasteiger partial charge in [0.25, 0.3) is 32.1 Å². The van der Waals surface area contributed by atoms with Gasteiger partial charge in [0, 0.05) is 76.9 Å². The molecule has 5 aromatic rings. The SMILES string of the molecule is COCCOCCOCCN(CC(C)(C)SSCCC(C(C)=O)S(=O)(=O)OC)c1cc(COc2cc3c(cc2C)C(=O)N2c4ccccc4C[C@H]2CC3)cc(COc2cc3c(cc2OC)C(=O)N2c4ccccc4C[C@H]2C(CS(=O)(=O)O)C3)c1. The molecule has 5 aromatic carbocycles. The maximum Gasteiger partial charge on any atom is 0.277 e.